The van der Waals surface area contributed by atoms with Gasteiger partial charge in [0, 0.05) is 17.8 Å². The van der Waals surface area contributed by atoms with Crippen molar-refractivity contribution in [2.24, 2.45) is 0 Å². The number of hydrogen-bond acceptors (Lipinski definition) is 5. The van der Waals surface area contributed by atoms with E-state index in [0.717, 1.165) is 25.5 Å². The molecule has 1 atom stereocenters. The number of hydrogen-bond donors (Lipinski definition) is 2. The lowest BCUT2D eigenvalue weighted by atomic mass is 10.1. The minimum absolute atomic E-state index is 0.0202. The van der Waals surface area contributed by atoms with Crippen molar-refractivity contribution >= 4 is 23.1 Å². The van der Waals surface area contributed by atoms with E-state index in [4.69, 9.17) is 16.3 Å². The Morgan fingerprint density at radius 2 is 2.24 bits per heavy atom. The van der Waals surface area contributed by atoms with Crippen LogP contribution in [0.15, 0.2) is 30.5 Å². The highest BCUT2D eigenvalue weighted by molar-refractivity contribution is 6.30. The molecular weight excluding hydrogens is 347 g/mol. The SMILES string of the molecule is Oc1cc(Cl)cc(F)c1-c1nnc(N[C@@H]2CCCOC2)n2cccc12. The number of anilines is 1. The average Bonchev–Trinajstić information content (AvgIpc) is 3.07. The van der Waals surface area contributed by atoms with Crippen molar-refractivity contribution in [2.75, 3.05) is 18.5 Å². The number of benzene rings is 1. The quantitative estimate of drug-likeness (QED) is 0.746. The highest BCUT2D eigenvalue weighted by Gasteiger charge is 2.20. The fourth-order valence-corrected chi connectivity index (χ4v) is 3.26. The normalized spacial score (nSPS) is 17.8. The second-order valence-electron chi connectivity index (χ2n) is 5.98. The van der Waals surface area contributed by atoms with E-state index in [9.17, 15) is 9.50 Å². The van der Waals surface area contributed by atoms with Gasteiger partial charge in [0.15, 0.2) is 0 Å². The molecule has 1 fully saturated rings. The predicted octanol–water partition coefficient (Wildman–Crippen LogP) is 3.49. The minimum Gasteiger partial charge on any atom is -0.507 e. The Kier molecular flexibility index (Phi) is 4.19. The summed E-state index contributed by atoms with van der Waals surface area (Å²) in [6.07, 6.45) is 3.78. The number of halogens is 2. The third-order valence-electron chi connectivity index (χ3n) is 4.23. The van der Waals surface area contributed by atoms with Gasteiger partial charge in [-0.25, -0.2) is 4.39 Å². The molecule has 8 heteroatoms. The Balaban J connectivity index is 1.78. The molecule has 6 nitrogen and oxygen atoms in total. The summed E-state index contributed by atoms with van der Waals surface area (Å²) < 4.78 is 21.6. The van der Waals surface area contributed by atoms with Crippen molar-refractivity contribution in [3.63, 3.8) is 0 Å². The van der Waals surface area contributed by atoms with Crippen LogP contribution in [0.3, 0.4) is 0 Å². The molecule has 0 spiro atoms. The molecule has 1 aliphatic heterocycles. The van der Waals surface area contributed by atoms with Crippen molar-refractivity contribution in [3.8, 4) is 17.0 Å². The molecule has 0 saturated carbocycles. The van der Waals surface area contributed by atoms with E-state index in [1.165, 1.54) is 6.07 Å². The number of rotatable bonds is 3. The van der Waals surface area contributed by atoms with Gasteiger partial charge in [-0.1, -0.05) is 11.6 Å². The highest BCUT2D eigenvalue weighted by atomic mass is 35.5. The van der Waals surface area contributed by atoms with Crippen molar-refractivity contribution in [1.29, 1.82) is 0 Å². The topological polar surface area (TPSA) is 71.7 Å². The number of aromatic nitrogens is 3. The van der Waals surface area contributed by atoms with Gasteiger partial charge in [0.1, 0.15) is 17.3 Å². The Morgan fingerprint density at radius 3 is 3.00 bits per heavy atom. The number of phenols is 1. The first-order valence-electron chi connectivity index (χ1n) is 8.00. The van der Waals surface area contributed by atoms with Crippen LogP contribution in [-0.4, -0.2) is 39.0 Å². The molecular formula is C17H16ClFN4O2. The largest absolute Gasteiger partial charge is 0.507 e. The van der Waals surface area contributed by atoms with E-state index in [-0.39, 0.29) is 28.1 Å². The van der Waals surface area contributed by atoms with Gasteiger partial charge >= 0.3 is 0 Å². The Hall–Kier alpha value is -2.38. The van der Waals surface area contributed by atoms with Crippen LogP contribution in [-0.2, 0) is 4.74 Å². The molecule has 0 radical (unpaired) electrons. The third kappa shape index (κ3) is 3.01. The van der Waals surface area contributed by atoms with Crippen molar-refractivity contribution in [3.05, 3.63) is 41.3 Å². The summed E-state index contributed by atoms with van der Waals surface area (Å²) in [6.45, 7) is 1.38. The molecule has 1 aliphatic rings. The zero-order chi connectivity index (χ0) is 17.4. The van der Waals surface area contributed by atoms with Gasteiger partial charge in [0.05, 0.1) is 23.7 Å². The second kappa shape index (κ2) is 6.50. The molecule has 3 heterocycles. The maximum atomic E-state index is 14.4. The summed E-state index contributed by atoms with van der Waals surface area (Å²) in [5.74, 6) is -0.374. The number of aromatic hydroxyl groups is 1. The van der Waals surface area contributed by atoms with Crippen molar-refractivity contribution in [2.45, 2.75) is 18.9 Å². The molecule has 4 rings (SSSR count). The van der Waals surface area contributed by atoms with Crippen LogP contribution < -0.4 is 5.32 Å². The van der Waals surface area contributed by atoms with E-state index < -0.39 is 5.82 Å². The number of phenolic OH excluding ortho intramolecular Hbond substituents is 1. The van der Waals surface area contributed by atoms with Gasteiger partial charge in [-0.05, 0) is 37.1 Å². The summed E-state index contributed by atoms with van der Waals surface area (Å²) in [5.41, 5.74) is 0.862. The lowest BCUT2D eigenvalue weighted by Gasteiger charge is -2.23. The summed E-state index contributed by atoms with van der Waals surface area (Å²) >= 11 is 5.78. The predicted molar refractivity (Wildman–Crippen MR) is 92.5 cm³/mol. The van der Waals surface area contributed by atoms with Crippen molar-refractivity contribution < 1.29 is 14.2 Å². The van der Waals surface area contributed by atoms with Gasteiger partial charge in [0.25, 0.3) is 0 Å². The number of nitrogens with one attached hydrogen (secondary N) is 1. The van der Waals surface area contributed by atoms with Crippen LogP contribution in [0, 0.1) is 5.82 Å². The molecule has 0 unspecified atom stereocenters. The van der Waals surface area contributed by atoms with Crippen LogP contribution in [0.25, 0.3) is 16.8 Å². The number of ether oxygens (including phenoxy) is 1. The molecule has 3 aromatic rings. The zero-order valence-electron chi connectivity index (χ0n) is 13.2. The Bertz CT molecular complexity index is 901. The fraction of sp³-hybridized carbons (Fsp3) is 0.294. The molecule has 0 bridgehead atoms. The van der Waals surface area contributed by atoms with Crippen LogP contribution in [0.5, 0.6) is 5.75 Å². The Labute approximate surface area is 148 Å². The Morgan fingerprint density at radius 1 is 1.36 bits per heavy atom. The van der Waals surface area contributed by atoms with E-state index in [0.29, 0.717) is 18.1 Å². The first-order valence-corrected chi connectivity index (χ1v) is 8.37. The summed E-state index contributed by atoms with van der Waals surface area (Å²) in [7, 11) is 0. The molecule has 2 aromatic heterocycles. The van der Waals surface area contributed by atoms with Crippen LogP contribution in [0.1, 0.15) is 12.8 Å². The maximum Gasteiger partial charge on any atom is 0.228 e. The van der Waals surface area contributed by atoms with Crippen LogP contribution >= 0.6 is 11.6 Å². The summed E-state index contributed by atoms with van der Waals surface area (Å²) in [5, 5.41) is 21.9. The molecule has 25 heavy (non-hydrogen) atoms. The molecule has 130 valence electrons. The van der Waals surface area contributed by atoms with E-state index in [1.807, 2.05) is 12.3 Å². The minimum atomic E-state index is -0.649. The number of fused-ring (bicyclic) bond motifs is 1. The monoisotopic (exact) mass is 362 g/mol. The maximum absolute atomic E-state index is 14.4. The fourth-order valence-electron chi connectivity index (χ4n) is 3.06. The zero-order valence-corrected chi connectivity index (χ0v) is 14.0. The average molecular weight is 363 g/mol. The van der Waals surface area contributed by atoms with Gasteiger partial charge in [-0.3, -0.25) is 4.40 Å². The smallest absolute Gasteiger partial charge is 0.228 e. The molecule has 1 saturated heterocycles. The second-order valence-corrected chi connectivity index (χ2v) is 6.41. The first-order chi connectivity index (χ1) is 12.1. The highest BCUT2D eigenvalue weighted by Crippen LogP contribution is 2.36. The summed E-state index contributed by atoms with van der Waals surface area (Å²) in [4.78, 5) is 0. The third-order valence-corrected chi connectivity index (χ3v) is 4.45. The summed E-state index contributed by atoms with van der Waals surface area (Å²) in [6, 6.07) is 6.19. The van der Waals surface area contributed by atoms with Gasteiger partial charge in [0.2, 0.25) is 5.95 Å². The van der Waals surface area contributed by atoms with Crippen LogP contribution in [0.4, 0.5) is 10.3 Å². The van der Waals surface area contributed by atoms with Gasteiger partial charge in [-0.2, -0.15) is 0 Å². The van der Waals surface area contributed by atoms with E-state index in [1.54, 1.807) is 10.5 Å². The molecule has 1 aromatic carbocycles. The van der Waals surface area contributed by atoms with E-state index >= 15 is 0 Å². The number of nitrogens with zero attached hydrogens (tertiary/aromatic N) is 3. The van der Waals surface area contributed by atoms with Gasteiger partial charge in [-0.15, -0.1) is 10.2 Å². The molecule has 0 amide bonds. The van der Waals surface area contributed by atoms with Gasteiger partial charge < -0.3 is 15.2 Å². The van der Waals surface area contributed by atoms with E-state index in [2.05, 4.69) is 15.5 Å². The van der Waals surface area contributed by atoms with Crippen molar-refractivity contribution in [1.82, 2.24) is 14.6 Å². The lowest BCUT2D eigenvalue weighted by Crippen LogP contribution is -2.31. The lowest BCUT2D eigenvalue weighted by molar-refractivity contribution is 0.0873. The molecule has 2 N–H and O–H groups in total. The standard InChI is InChI=1S/C17H16ClFN4O2/c18-10-7-12(19)15(14(24)8-10)16-13-4-1-5-23(13)17(22-21-16)20-11-3-2-6-25-9-11/h1,4-5,7-8,11,24H,2-3,6,9H2,(H,20,22)/t11-/m1/s1. The first kappa shape index (κ1) is 16.1. The van der Waals surface area contributed by atoms with Crippen LogP contribution in [0.2, 0.25) is 5.02 Å². The molecule has 0 aliphatic carbocycles.